The first-order valence-corrected chi connectivity index (χ1v) is 22.2. The zero-order valence-corrected chi connectivity index (χ0v) is 36.4. The van der Waals surface area contributed by atoms with Crippen LogP contribution in [0.2, 0.25) is 0 Å². The molecule has 2 heteroatoms. The van der Waals surface area contributed by atoms with Crippen LogP contribution in [0.15, 0.2) is 237 Å². The van der Waals surface area contributed by atoms with E-state index in [4.69, 9.17) is 0 Å². The third-order valence-corrected chi connectivity index (χ3v) is 13.1. The molecule has 2 nitrogen and oxygen atoms in total. The van der Waals surface area contributed by atoms with Crippen LogP contribution in [0.1, 0.15) is 30.5 Å². The van der Waals surface area contributed by atoms with Crippen molar-refractivity contribution in [2.45, 2.75) is 26.2 Å². The van der Waals surface area contributed by atoms with Gasteiger partial charge < -0.3 is 9.80 Å². The van der Waals surface area contributed by atoms with Crippen molar-refractivity contribution in [2.75, 3.05) is 9.80 Å². The highest BCUT2D eigenvalue weighted by Gasteiger charge is 2.36. The molecule has 0 unspecified atom stereocenters. The van der Waals surface area contributed by atoms with Gasteiger partial charge in [0.05, 0.1) is 5.69 Å². The van der Waals surface area contributed by atoms with E-state index in [0.29, 0.717) is 0 Å². The molecule has 0 heterocycles. The van der Waals surface area contributed by atoms with Gasteiger partial charge in [-0.1, -0.05) is 183 Å². The first-order chi connectivity index (χ1) is 31.4. The Morgan fingerprint density at radius 2 is 0.734 bits per heavy atom. The van der Waals surface area contributed by atoms with E-state index in [1.807, 2.05) is 0 Å². The first kappa shape index (κ1) is 38.9. The summed E-state index contributed by atoms with van der Waals surface area (Å²) < 4.78 is 0. The van der Waals surface area contributed by atoms with Gasteiger partial charge in [-0.25, -0.2) is 0 Å². The van der Waals surface area contributed by atoms with Crippen LogP contribution in [0.5, 0.6) is 0 Å². The largest absolute Gasteiger partial charge is 0.311 e. The van der Waals surface area contributed by atoms with Gasteiger partial charge in [-0.15, -0.1) is 0 Å². The molecule has 0 N–H and O–H groups in total. The van der Waals surface area contributed by atoms with Crippen molar-refractivity contribution in [3.05, 3.63) is 253 Å². The summed E-state index contributed by atoms with van der Waals surface area (Å²) in [6.07, 6.45) is 0. The average Bonchev–Trinajstić information content (AvgIpc) is 3.58. The molecule has 0 radical (unpaired) electrons. The minimum absolute atomic E-state index is 0.200. The number of benzene rings is 10. The van der Waals surface area contributed by atoms with E-state index in [1.165, 1.54) is 77.7 Å². The van der Waals surface area contributed by atoms with E-state index in [0.717, 1.165) is 28.4 Å². The lowest BCUT2D eigenvalue weighted by atomic mass is 9.81. The molecular formula is C62H48N2. The van der Waals surface area contributed by atoms with E-state index in [-0.39, 0.29) is 5.41 Å². The van der Waals surface area contributed by atoms with E-state index in [1.54, 1.807) is 0 Å². The molecule has 0 atom stereocenters. The summed E-state index contributed by atoms with van der Waals surface area (Å²) >= 11 is 0. The number of anilines is 6. The van der Waals surface area contributed by atoms with E-state index < -0.39 is 0 Å². The Labute approximate surface area is 377 Å². The van der Waals surface area contributed by atoms with Gasteiger partial charge in [-0.3, -0.25) is 0 Å². The Hall–Kier alpha value is -7.94. The Kier molecular flexibility index (Phi) is 9.78. The lowest BCUT2D eigenvalue weighted by Crippen LogP contribution is -2.17. The van der Waals surface area contributed by atoms with Gasteiger partial charge in [0, 0.05) is 39.2 Å². The lowest BCUT2D eigenvalue weighted by molar-refractivity contribution is 0.660. The maximum absolute atomic E-state index is 2.43. The van der Waals surface area contributed by atoms with Crippen LogP contribution < -0.4 is 9.80 Å². The smallest absolute Gasteiger partial charge is 0.0540 e. The van der Waals surface area contributed by atoms with Crippen molar-refractivity contribution in [3.8, 4) is 44.5 Å². The maximum atomic E-state index is 2.43. The first-order valence-electron chi connectivity index (χ1n) is 22.2. The van der Waals surface area contributed by atoms with Gasteiger partial charge in [-0.05, 0) is 141 Å². The fourth-order valence-electron chi connectivity index (χ4n) is 9.68. The van der Waals surface area contributed by atoms with Crippen LogP contribution >= 0.6 is 0 Å². The van der Waals surface area contributed by atoms with Crippen LogP contribution in [0.25, 0.3) is 55.3 Å². The van der Waals surface area contributed by atoms with Gasteiger partial charge in [0.15, 0.2) is 0 Å². The van der Waals surface area contributed by atoms with Crippen LogP contribution in [-0.2, 0) is 5.41 Å². The summed E-state index contributed by atoms with van der Waals surface area (Å²) in [5, 5.41) is 2.46. The Morgan fingerprint density at radius 1 is 0.312 bits per heavy atom. The van der Waals surface area contributed by atoms with Gasteiger partial charge >= 0.3 is 0 Å². The molecule has 0 aliphatic heterocycles. The van der Waals surface area contributed by atoms with Crippen LogP contribution in [0, 0.1) is 6.92 Å². The summed E-state index contributed by atoms with van der Waals surface area (Å²) in [7, 11) is 0. The Bertz CT molecular complexity index is 3250. The predicted octanol–water partition coefficient (Wildman–Crippen LogP) is 17.4. The molecule has 0 aromatic heterocycles. The molecule has 0 saturated heterocycles. The Morgan fingerprint density at radius 3 is 1.38 bits per heavy atom. The van der Waals surface area contributed by atoms with Crippen molar-refractivity contribution in [2.24, 2.45) is 0 Å². The van der Waals surface area contributed by atoms with Crippen LogP contribution in [0.4, 0.5) is 34.1 Å². The van der Waals surface area contributed by atoms with Gasteiger partial charge in [0.2, 0.25) is 0 Å². The molecule has 0 bridgehead atoms. The molecule has 10 aromatic rings. The van der Waals surface area contributed by atoms with Gasteiger partial charge in [0.25, 0.3) is 0 Å². The highest BCUT2D eigenvalue weighted by atomic mass is 15.1. The molecule has 10 aromatic carbocycles. The molecule has 0 spiro atoms. The summed E-state index contributed by atoms with van der Waals surface area (Å²) in [6, 6.07) is 86.3. The summed E-state index contributed by atoms with van der Waals surface area (Å²) in [4.78, 5) is 4.76. The fraction of sp³-hybridized carbons (Fsp3) is 0.0645. The third kappa shape index (κ3) is 7.04. The Balaban J connectivity index is 0.896. The number of nitrogens with zero attached hydrogens (tertiary/aromatic N) is 2. The number of hydrogen-bond donors (Lipinski definition) is 0. The second kappa shape index (κ2) is 16.1. The molecule has 11 rings (SSSR count). The van der Waals surface area contributed by atoms with Crippen molar-refractivity contribution in [3.63, 3.8) is 0 Å². The summed E-state index contributed by atoms with van der Waals surface area (Å²) in [5.74, 6) is 0. The molecule has 64 heavy (non-hydrogen) atoms. The molecule has 306 valence electrons. The van der Waals surface area contributed by atoms with Crippen LogP contribution in [0.3, 0.4) is 0 Å². The number of aryl methyl sites for hydroxylation is 1. The highest BCUT2D eigenvalue weighted by Crippen LogP contribution is 2.52. The number of fused-ring (bicyclic) bond motifs is 4. The van der Waals surface area contributed by atoms with Gasteiger partial charge in [0.1, 0.15) is 0 Å². The third-order valence-electron chi connectivity index (χ3n) is 13.1. The SMILES string of the molecule is Cc1ccc(N(c2ccc3c(c2)C(C)(C)c2cc(-c4ccc(N(c5ccccc5)c5ccc(-c6ccc(-c7ccccc7)cc6)cc5)cc4)ccc2-3)c2cccc3ccccc23)cc1. The molecule has 1 aliphatic carbocycles. The normalized spacial score (nSPS) is 12.4. The zero-order chi connectivity index (χ0) is 43.2. The minimum Gasteiger partial charge on any atom is -0.311 e. The quantitative estimate of drug-likeness (QED) is 0.143. The second-order valence-electron chi connectivity index (χ2n) is 17.5. The maximum Gasteiger partial charge on any atom is 0.0540 e. The van der Waals surface area contributed by atoms with E-state index in [9.17, 15) is 0 Å². The molecule has 1 aliphatic rings. The van der Waals surface area contributed by atoms with Crippen molar-refractivity contribution >= 4 is 44.9 Å². The average molecular weight is 821 g/mol. The predicted molar refractivity (Wildman–Crippen MR) is 272 cm³/mol. The molecule has 0 amide bonds. The summed E-state index contributed by atoms with van der Waals surface area (Å²) in [6.45, 7) is 6.91. The summed E-state index contributed by atoms with van der Waals surface area (Å²) in [5.41, 5.74) is 20.5. The van der Waals surface area contributed by atoms with Crippen molar-refractivity contribution < 1.29 is 0 Å². The minimum atomic E-state index is -0.200. The van der Waals surface area contributed by atoms with Crippen LogP contribution in [-0.4, -0.2) is 0 Å². The fourth-order valence-corrected chi connectivity index (χ4v) is 9.68. The standard InChI is InChI=1S/C62H48N2/c1-43-21-32-54(33-22-43)64(61-20-12-16-49-15-10-11-19-56(49)61)55-38-40-58-57-39-31-50(41-59(57)62(2,3)60(58)42-55)48-29-36-53(37-30-48)63(51-17-8-5-9-18-51)52-34-27-47(28-35-52)46-25-23-45(24-26-46)44-13-6-4-7-14-44/h4-42H,1-3H3. The molecule has 0 fully saturated rings. The monoisotopic (exact) mass is 820 g/mol. The van der Waals surface area contributed by atoms with E-state index >= 15 is 0 Å². The number of rotatable bonds is 9. The zero-order valence-electron chi connectivity index (χ0n) is 36.4. The topological polar surface area (TPSA) is 6.48 Å². The molecule has 0 saturated carbocycles. The lowest BCUT2D eigenvalue weighted by Gasteiger charge is -2.29. The van der Waals surface area contributed by atoms with Crippen molar-refractivity contribution in [1.82, 2.24) is 0 Å². The molecular weight excluding hydrogens is 773 g/mol. The number of para-hydroxylation sites is 1. The highest BCUT2D eigenvalue weighted by molar-refractivity contribution is 5.99. The number of hydrogen-bond acceptors (Lipinski definition) is 2. The van der Waals surface area contributed by atoms with Crippen molar-refractivity contribution in [1.29, 1.82) is 0 Å². The van der Waals surface area contributed by atoms with E-state index in [2.05, 4.69) is 267 Å². The van der Waals surface area contributed by atoms with Gasteiger partial charge in [-0.2, -0.15) is 0 Å². The second-order valence-corrected chi connectivity index (χ2v) is 17.5.